The van der Waals surface area contributed by atoms with E-state index in [2.05, 4.69) is 11.7 Å². The number of methoxy groups -OCH3 is 1. The summed E-state index contributed by atoms with van der Waals surface area (Å²) in [5.74, 6) is -0.907. The van der Waals surface area contributed by atoms with Gasteiger partial charge in [-0.25, -0.2) is 4.79 Å². The molecule has 1 rings (SSSR count). The third-order valence-corrected chi connectivity index (χ3v) is 4.58. The minimum absolute atomic E-state index is 0.212. The first-order chi connectivity index (χ1) is 14.3. The summed E-state index contributed by atoms with van der Waals surface area (Å²) in [5, 5.41) is 10.2. The minimum Gasteiger partial charge on any atom is -0.507 e. The van der Waals surface area contributed by atoms with Crippen LogP contribution in [-0.4, -0.2) is 24.0 Å². The van der Waals surface area contributed by atoms with Crippen LogP contribution in [-0.2, 0) is 16.0 Å². The molecule has 0 aliphatic heterocycles. The van der Waals surface area contributed by atoms with Crippen molar-refractivity contribution in [1.82, 2.24) is 0 Å². The molecule has 164 valence electrons. The first kappa shape index (κ1) is 25.1. The highest BCUT2D eigenvalue weighted by molar-refractivity contribution is 6.09. The van der Waals surface area contributed by atoms with Gasteiger partial charge >= 0.3 is 11.6 Å². The molecule has 0 saturated carbocycles. The van der Waals surface area contributed by atoms with Gasteiger partial charge < -0.3 is 14.3 Å². The number of ether oxygens (including phenoxy) is 1. The molecule has 1 N–H and O–H groups in total. The maximum atomic E-state index is 12.6. The summed E-state index contributed by atoms with van der Waals surface area (Å²) >= 11 is 0. The van der Waals surface area contributed by atoms with Gasteiger partial charge in [-0.1, -0.05) is 43.2 Å². The standard InChI is InChI=1S/C24H32O6/c1-5-6-11-17(2)14-15-18(3)23(27)22-20(25)16-19(30-24(22)28)12-9-7-8-10-13-21(26)29-4/h8,10,14-16,25H,5-7,9,11-13H2,1-4H3/b10-8+,17-14+,18-15+. The average Bonchev–Trinajstić information content (AvgIpc) is 2.71. The van der Waals surface area contributed by atoms with Gasteiger partial charge in [0.25, 0.3) is 0 Å². The van der Waals surface area contributed by atoms with Crippen LogP contribution in [0.3, 0.4) is 0 Å². The average molecular weight is 417 g/mol. The Hall–Kier alpha value is -2.89. The van der Waals surface area contributed by atoms with Crippen molar-refractivity contribution >= 4 is 11.8 Å². The van der Waals surface area contributed by atoms with E-state index < -0.39 is 11.4 Å². The fraction of sp³-hybridized carbons (Fsp3) is 0.458. The SMILES string of the molecule is CCCC/C(C)=C/C=C(\C)C(=O)c1c(O)cc(CCC/C=C/CC(=O)OC)oc1=O. The number of rotatable bonds is 12. The highest BCUT2D eigenvalue weighted by atomic mass is 16.5. The first-order valence-electron chi connectivity index (χ1n) is 10.3. The number of hydrogen-bond donors (Lipinski definition) is 1. The molecule has 0 atom stereocenters. The molecule has 0 amide bonds. The van der Waals surface area contributed by atoms with Gasteiger partial charge in [-0.15, -0.1) is 0 Å². The number of esters is 1. The Kier molecular flexibility index (Phi) is 11.2. The van der Waals surface area contributed by atoms with Crippen LogP contribution in [0.1, 0.15) is 75.4 Å². The summed E-state index contributed by atoms with van der Waals surface area (Å²) in [6, 6.07) is 1.32. The van der Waals surface area contributed by atoms with Crippen LogP contribution in [0.5, 0.6) is 5.75 Å². The lowest BCUT2D eigenvalue weighted by Gasteiger charge is -2.05. The Labute approximate surface area is 177 Å². The molecule has 0 spiro atoms. The van der Waals surface area contributed by atoms with E-state index in [0.717, 1.165) is 24.8 Å². The van der Waals surface area contributed by atoms with Gasteiger partial charge in [-0.3, -0.25) is 9.59 Å². The Bertz CT molecular complexity index is 870. The summed E-state index contributed by atoms with van der Waals surface area (Å²) in [6.45, 7) is 5.72. The molecule has 0 aromatic carbocycles. The zero-order valence-electron chi connectivity index (χ0n) is 18.3. The fourth-order valence-electron chi connectivity index (χ4n) is 2.71. The Morgan fingerprint density at radius 2 is 1.90 bits per heavy atom. The second-order valence-corrected chi connectivity index (χ2v) is 7.20. The van der Waals surface area contributed by atoms with Crippen molar-refractivity contribution in [3.05, 3.63) is 63.3 Å². The molecule has 6 nitrogen and oxygen atoms in total. The summed E-state index contributed by atoms with van der Waals surface area (Å²) in [5.41, 5.74) is 0.328. The topological polar surface area (TPSA) is 93.8 Å². The highest BCUT2D eigenvalue weighted by Gasteiger charge is 2.20. The molecule has 30 heavy (non-hydrogen) atoms. The molecular formula is C24H32O6. The Morgan fingerprint density at radius 3 is 2.53 bits per heavy atom. The number of aromatic hydroxyl groups is 1. The smallest absolute Gasteiger partial charge is 0.351 e. The first-order valence-corrected chi connectivity index (χ1v) is 10.3. The monoisotopic (exact) mass is 416 g/mol. The van der Waals surface area contributed by atoms with Crippen molar-refractivity contribution in [2.75, 3.05) is 7.11 Å². The number of carbonyl (C=O) groups is 2. The second-order valence-electron chi connectivity index (χ2n) is 7.20. The van der Waals surface area contributed by atoms with Crippen molar-refractivity contribution in [2.45, 2.75) is 65.7 Å². The predicted molar refractivity (Wildman–Crippen MR) is 117 cm³/mol. The van der Waals surface area contributed by atoms with Crippen LogP contribution in [0.2, 0.25) is 0 Å². The molecule has 0 aliphatic carbocycles. The van der Waals surface area contributed by atoms with E-state index in [4.69, 9.17) is 4.42 Å². The summed E-state index contributed by atoms with van der Waals surface area (Å²) < 4.78 is 9.76. The normalized spacial score (nSPS) is 12.4. The molecule has 0 radical (unpaired) electrons. The van der Waals surface area contributed by atoms with Crippen molar-refractivity contribution in [1.29, 1.82) is 0 Å². The third kappa shape index (κ3) is 8.64. The molecule has 6 heteroatoms. The van der Waals surface area contributed by atoms with Gasteiger partial charge in [-0.2, -0.15) is 0 Å². The number of ketones is 1. The van der Waals surface area contributed by atoms with E-state index in [-0.39, 0.29) is 23.7 Å². The van der Waals surface area contributed by atoms with Crippen LogP contribution in [0.4, 0.5) is 0 Å². The van der Waals surface area contributed by atoms with E-state index in [1.807, 2.05) is 19.1 Å². The van der Waals surface area contributed by atoms with Gasteiger partial charge in [-0.05, 0) is 45.1 Å². The molecule has 0 bridgehead atoms. The summed E-state index contributed by atoms with van der Waals surface area (Å²) in [6.07, 6.45) is 12.2. The molecule has 0 aliphatic rings. The molecule has 1 aromatic heterocycles. The fourth-order valence-corrected chi connectivity index (χ4v) is 2.71. The quantitative estimate of drug-likeness (QED) is 0.128. The zero-order valence-corrected chi connectivity index (χ0v) is 18.3. The molecular weight excluding hydrogens is 384 g/mol. The molecule has 0 fully saturated rings. The van der Waals surface area contributed by atoms with E-state index >= 15 is 0 Å². The zero-order chi connectivity index (χ0) is 22.5. The number of carbonyl (C=O) groups excluding carboxylic acids is 2. The lowest BCUT2D eigenvalue weighted by molar-refractivity contribution is -0.139. The largest absolute Gasteiger partial charge is 0.507 e. The minimum atomic E-state index is -0.837. The Balaban J connectivity index is 2.77. The lowest BCUT2D eigenvalue weighted by atomic mass is 10.0. The molecule has 1 heterocycles. The summed E-state index contributed by atoms with van der Waals surface area (Å²) in [7, 11) is 1.34. The van der Waals surface area contributed by atoms with Crippen LogP contribution in [0, 0.1) is 0 Å². The van der Waals surface area contributed by atoms with Gasteiger partial charge in [0.2, 0.25) is 0 Å². The van der Waals surface area contributed by atoms with Gasteiger partial charge in [0.1, 0.15) is 17.1 Å². The van der Waals surface area contributed by atoms with Crippen molar-refractivity contribution < 1.29 is 23.8 Å². The van der Waals surface area contributed by atoms with Crippen LogP contribution < -0.4 is 5.63 Å². The van der Waals surface area contributed by atoms with Gasteiger partial charge in [0.15, 0.2) is 5.78 Å². The van der Waals surface area contributed by atoms with Crippen molar-refractivity contribution in [2.24, 2.45) is 0 Å². The number of hydrogen-bond acceptors (Lipinski definition) is 6. The molecule has 1 aromatic rings. The maximum Gasteiger partial charge on any atom is 0.351 e. The van der Waals surface area contributed by atoms with Crippen LogP contribution in [0.25, 0.3) is 0 Å². The third-order valence-electron chi connectivity index (χ3n) is 4.58. The highest BCUT2D eigenvalue weighted by Crippen LogP contribution is 2.20. The van der Waals surface area contributed by atoms with Crippen LogP contribution in [0.15, 0.2) is 50.7 Å². The van der Waals surface area contributed by atoms with E-state index in [1.54, 1.807) is 19.1 Å². The molecule has 0 saturated heterocycles. The Morgan fingerprint density at radius 1 is 1.17 bits per heavy atom. The van der Waals surface area contributed by atoms with E-state index in [0.29, 0.717) is 30.6 Å². The summed E-state index contributed by atoms with van der Waals surface area (Å²) in [4.78, 5) is 35.9. The predicted octanol–water partition coefficient (Wildman–Crippen LogP) is 5.05. The van der Waals surface area contributed by atoms with Gasteiger partial charge in [0.05, 0.1) is 13.5 Å². The van der Waals surface area contributed by atoms with Gasteiger partial charge in [0, 0.05) is 12.5 Å². The van der Waals surface area contributed by atoms with E-state index in [1.165, 1.54) is 13.2 Å². The second kappa shape index (κ2) is 13.4. The maximum absolute atomic E-state index is 12.6. The lowest BCUT2D eigenvalue weighted by Crippen LogP contribution is -2.16. The number of Topliss-reactive ketones (excluding diaryl/α,β-unsaturated/α-hetero) is 1. The molecule has 0 unspecified atom stereocenters. The van der Waals surface area contributed by atoms with Crippen LogP contribution >= 0.6 is 0 Å². The van der Waals surface area contributed by atoms with Crippen molar-refractivity contribution in [3.8, 4) is 5.75 Å². The van der Waals surface area contributed by atoms with Crippen molar-refractivity contribution in [3.63, 3.8) is 0 Å². The number of aryl methyl sites for hydroxylation is 1. The number of unbranched alkanes of at least 4 members (excludes halogenated alkanes) is 2. The van der Waals surface area contributed by atoms with E-state index in [9.17, 15) is 19.5 Å². The number of allylic oxidation sites excluding steroid dienone is 5.